The van der Waals surface area contributed by atoms with Crippen LogP contribution in [0.15, 0.2) is 82.8 Å². The van der Waals surface area contributed by atoms with E-state index in [4.69, 9.17) is 9.84 Å². The summed E-state index contributed by atoms with van der Waals surface area (Å²) in [6.45, 7) is 0.333. The summed E-state index contributed by atoms with van der Waals surface area (Å²) in [5.41, 5.74) is 1.70. The number of nitriles is 1. The van der Waals surface area contributed by atoms with Crippen molar-refractivity contribution in [2.75, 3.05) is 5.32 Å². The normalized spacial score (nSPS) is 10.8. The van der Waals surface area contributed by atoms with Crippen LogP contribution >= 0.6 is 15.9 Å². The maximum absolute atomic E-state index is 12.6. The third kappa shape index (κ3) is 6.04. The minimum atomic E-state index is -1.11. The zero-order chi connectivity index (χ0) is 22.2. The van der Waals surface area contributed by atoms with E-state index in [9.17, 15) is 14.9 Å². The number of aromatic carboxylic acids is 1. The van der Waals surface area contributed by atoms with Crippen LogP contribution in [-0.2, 0) is 11.4 Å². The van der Waals surface area contributed by atoms with Gasteiger partial charge in [-0.15, -0.1) is 0 Å². The van der Waals surface area contributed by atoms with Gasteiger partial charge in [-0.25, -0.2) is 4.79 Å². The van der Waals surface area contributed by atoms with Crippen LogP contribution in [0.1, 0.15) is 21.5 Å². The molecule has 0 spiro atoms. The van der Waals surface area contributed by atoms with Gasteiger partial charge in [0.15, 0.2) is 0 Å². The number of nitrogens with one attached hydrogen (secondary N) is 1. The molecule has 2 N–H and O–H groups in total. The van der Waals surface area contributed by atoms with E-state index in [0.717, 1.165) is 10.0 Å². The topological polar surface area (TPSA) is 99.4 Å². The van der Waals surface area contributed by atoms with Crippen molar-refractivity contribution < 1.29 is 19.4 Å². The number of carbonyl (C=O) groups excluding carboxylic acids is 1. The summed E-state index contributed by atoms with van der Waals surface area (Å²) >= 11 is 3.39. The number of ether oxygens (including phenoxy) is 1. The van der Waals surface area contributed by atoms with Crippen LogP contribution < -0.4 is 10.1 Å². The Hall–Kier alpha value is -3.89. The number of halogens is 1. The Balaban J connectivity index is 1.83. The summed E-state index contributed by atoms with van der Waals surface area (Å²) in [6.07, 6.45) is 1.43. The number of hydrogen-bond acceptors (Lipinski definition) is 4. The lowest BCUT2D eigenvalue weighted by Crippen LogP contribution is -2.14. The first kappa shape index (κ1) is 21.8. The molecule has 0 aliphatic heterocycles. The fourth-order valence-corrected chi connectivity index (χ4v) is 3.11. The molecular formula is C24H17BrN2O4. The molecule has 3 rings (SSSR count). The summed E-state index contributed by atoms with van der Waals surface area (Å²) < 4.78 is 6.65. The molecule has 0 saturated carbocycles. The molecule has 0 saturated heterocycles. The third-order valence-electron chi connectivity index (χ3n) is 4.24. The highest BCUT2D eigenvalue weighted by atomic mass is 79.9. The number of hydrogen-bond donors (Lipinski definition) is 2. The van der Waals surface area contributed by atoms with Gasteiger partial charge in [-0.05, 0) is 48.0 Å². The number of benzene rings is 3. The molecule has 31 heavy (non-hydrogen) atoms. The van der Waals surface area contributed by atoms with E-state index in [0.29, 0.717) is 17.9 Å². The number of rotatable bonds is 7. The molecule has 0 aliphatic carbocycles. The molecule has 0 aromatic heterocycles. The molecule has 0 fully saturated rings. The van der Waals surface area contributed by atoms with E-state index in [2.05, 4.69) is 21.2 Å². The van der Waals surface area contributed by atoms with E-state index in [1.807, 2.05) is 36.4 Å². The summed E-state index contributed by atoms with van der Waals surface area (Å²) in [4.78, 5) is 23.7. The molecule has 154 valence electrons. The molecule has 3 aromatic rings. The maximum atomic E-state index is 12.6. The average molecular weight is 477 g/mol. The molecule has 0 aliphatic rings. The molecule has 7 heteroatoms. The van der Waals surface area contributed by atoms with Gasteiger partial charge in [-0.1, -0.05) is 52.3 Å². The molecule has 6 nitrogen and oxygen atoms in total. The van der Waals surface area contributed by atoms with Crippen LogP contribution in [0.5, 0.6) is 5.75 Å². The largest absolute Gasteiger partial charge is 0.488 e. The van der Waals surface area contributed by atoms with Crippen molar-refractivity contribution in [1.29, 1.82) is 5.26 Å². The lowest BCUT2D eigenvalue weighted by molar-refractivity contribution is -0.112. The number of carbonyl (C=O) groups is 2. The second kappa shape index (κ2) is 10.2. The molecule has 0 radical (unpaired) electrons. The SMILES string of the molecule is N#CC(=Cc1cc(Br)ccc1OCc1ccccc1)C(=O)Nc1cccc(C(=O)O)c1. The van der Waals surface area contributed by atoms with E-state index >= 15 is 0 Å². The zero-order valence-corrected chi connectivity index (χ0v) is 17.8. The summed E-state index contributed by atoms with van der Waals surface area (Å²) in [7, 11) is 0. The summed E-state index contributed by atoms with van der Waals surface area (Å²) in [5, 5.41) is 21.2. The van der Waals surface area contributed by atoms with Gasteiger partial charge >= 0.3 is 5.97 Å². The molecule has 0 heterocycles. The summed E-state index contributed by atoms with van der Waals surface area (Å²) in [5.74, 6) is -1.25. The van der Waals surface area contributed by atoms with Gasteiger partial charge in [0.25, 0.3) is 5.91 Å². The van der Waals surface area contributed by atoms with Crippen molar-refractivity contribution in [3.8, 4) is 11.8 Å². The molecule has 3 aromatic carbocycles. The van der Waals surface area contributed by atoms with E-state index in [1.165, 1.54) is 24.3 Å². The monoisotopic (exact) mass is 476 g/mol. The molecule has 0 atom stereocenters. The van der Waals surface area contributed by atoms with Crippen LogP contribution in [0.4, 0.5) is 5.69 Å². The Morgan fingerprint density at radius 3 is 2.55 bits per heavy atom. The second-order valence-corrected chi connectivity index (χ2v) is 7.38. The predicted molar refractivity (Wildman–Crippen MR) is 121 cm³/mol. The fraction of sp³-hybridized carbons (Fsp3) is 0.0417. The van der Waals surface area contributed by atoms with Crippen LogP contribution in [0.2, 0.25) is 0 Å². The second-order valence-electron chi connectivity index (χ2n) is 6.47. The number of nitrogens with zero attached hydrogens (tertiary/aromatic N) is 1. The van der Waals surface area contributed by atoms with Crippen LogP contribution in [-0.4, -0.2) is 17.0 Å². The average Bonchev–Trinajstić information content (AvgIpc) is 2.77. The lowest BCUT2D eigenvalue weighted by Gasteiger charge is -2.11. The molecular weight excluding hydrogens is 460 g/mol. The number of carboxylic acid groups (broad SMARTS) is 1. The van der Waals surface area contributed by atoms with Gasteiger partial charge in [0.05, 0.1) is 5.56 Å². The quantitative estimate of drug-likeness (QED) is 0.357. The molecule has 0 unspecified atom stereocenters. The van der Waals surface area contributed by atoms with Gasteiger partial charge in [-0.3, -0.25) is 4.79 Å². The molecule has 0 bridgehead atoms. The first-order valence-corrected chi connectivity index (χ1v) is 9.98. The van der Waals surface area contributed by atoms with Crippen molar-refractivity contribution in [1.82, 2.24) is 0 Å². The van der Waals surface area contributed by atoms with Gasteiger partial charge in [0, 0.05) is 15.7 Å². The van der Waals surface area contributed by atoms with E-state index in [-0.39, 0.29) is 16.8 Å². The highest BCUT2D eigenvalue weighted by Gasteiger charge is 2.13. The Morgan fingerprint density at radius 1 is 1.06 bits per heavy atom. The Labute approximate surface area is 187 Å². The molecule has 1 amide bonds. The van der Waals surface area contributed by atoms with Crippen LogP contribution in [0, 0.1) is 11.3 Å². The standard InChI is InChI=1S/C24H17BrN2O4/c25-20-9-10-22(31-15-16-5-2-1-3-6-16)18(12-20)11-19(14-26)23(28)27-21-8-4-7-17(13-21)24(29)30/h1-13H,15H2,(H,27,28)(H,29,30). The summed E-state index contributed by atoms with van der Waals surface area (Å²) in [6, 6.07) is 22.6. The number of carboxylic acids is 1. The smallest absolute Gasteiger partial charge is 0.335 e. The van der Waals surface area contributed by atoms with Gasteiger partial charge in [0.1, 0.15) is 24.0 Å². The highest BCUT2D eigenvalue weighted by molar-refractivity contribution is 9.10. The van der Waals surface area contributed by atoms with Crippen molar-refractivity contribution in [3.63, 3.8) is 0 Å². The Morgan fingerprint density at radius 2 is 1.84 bits per heavy atom. The maximum Gasteiger partial charge on any atom is 0.335 e. The van der Waals surface area contributed by atoms with Crippen molar-refractivity contribution >= 4 is 39.6 Å². The van der Waals surface area contributed by atoms with Crippen molar-refractivity contribution in [3.05, 3.63) is 99.5 Å². The van der Waals surface area contributed by atoms with E-state index in [1.54, 1.807) is 24.3 Å². The minimum Gasteiger partial charge on any atom is -0.488 e. The Bertz CT molecular complexity index is 1180. The first-order valence-electron chi connectivity index (χ1n) is 9.19. The predicted octanol–water partition coefficient (Wildman–Crippen LogP) is 5.27. The van der Waals surface area contributed by atoms with Gasteiger partial charge in [-0.2, -0.15) is 5.26 Å². The highest BCUT2D eigenvalue weighted by Crippen LogP contribution is 2.27. The van der Waals surface area contributed by atoms with Gasteiger partial charge in [0.2, 0.25) is 0 Å². The fourth-order valence-electron chi connectivity index (χ4n) is 2.73. The van der Waals surface area contributed by atoms with E-state index < -0.39 is 11.9 Å². The minimum absolute atomic E-state index is 0.0314. The van der Waals surface area contributed by atoms with Crippen LogP contribution in [0.25, 0.3) is 6.08 Å². The zero-order valence-electron chi connectivity index (χ0n) is 16.2. The van der Waals surface area contributed by atoms with Gasteiger partial charge < -0.3 is 15.2 Å². The number of anilines is 1. The number of amides is 1. The first-order chi connectivity index (χ1) is 15.0. The van der Waals surface area contributed by atoms with Crippen LogP contribution in [0.3, 0.4) is 0 Å². The van der Waals surface area contributed by atoms with Crippen molar-refractivity contribution in [2.24, 2.45) is 0 Å². The van der Waals surface area contributed by atoms with Crippen molar-refractivity contribution in [2.45, 2.75) is 6.61 Å². The Kier molecular flexibility index (Phi) is 7.20. The third-order valence-corrected chi connectivity index (χ3v) is 4.73. The lowest BCUT2D eigenvalue weighted by atomic mass is 10.1.